The number of furan rings is 1. The standard InChI is InChI=1S/C42H26O/c1-3-13-27(14-4-1)36-24-31(25-38-37-23-29-17-7-8-18-30(29)26-39(37)43-42(36)38)41-34-21-11-9-19-32(34)40(28-15-5-2-6-16-28)33-20-10-12-22-35(33)41/h1-26H/i9D,10D,11D,12D,19D,20D,21D,22D. The SMILES string of the molecule is [2H]c1c([2H])c([2H])c2c(-c3cc(-c4ccccc4)c4oc5cc6ccccc6cc5c4c3)c3c([2H])c([2H])c([2H])c([2H])c3c(-c3ccccc3)c2c1[2H]. The van der Waals surface area contributed by atoms with Gasteiger partial charge < -0.3 is 4.42 Å². The Kier molecular flexibility index (Phi) is 3.80. The van der Waals surface area contributed by atoms with Gasteiger partial charge in [-0.1, -0.05) is 133 Å². The molecule has 0 spiro atoms. The quantitative estimate of drug-likeness (QED) is 0.198. The minimum atomic E-state index is -0.433. The van der Waals surface area contributed by atoms with Crippen molar-refractivity contribution in [3.05, 3.63) is 158 Å². The molecule has 0 fully saturated rings. The van der Waals surface area contributed by atoms with Gasteiger partial charge >= 0.3 is 0 Å². The van der Waals surface area contributed by atoms with Crippen LogP contribution in [0.25, 0.3) is 87.6 Å². The van der Waals surface area contributed by atoms with E-state index in [0.29, 0.717) is 33.4 Å². The zero-order valence-corrected chi connectivity index (χ0v) is 22.8. The number of fused-ring (bicyclic) bond motifs is 6. The topological polar surface area (TPSA) is 13.1 Å². The number of hydrogen-bond acceptors (Lipinski definition) is 1. The lowest BCUT2D eigenvalue weighted by atomic mass is 9.85. The van der Waals surface area contributed by atoms with Crippen molar-refractivity contribution in [1.82, 2.24) is 0 Å². The predicted molar refractivity (Wildman–Crippen MR) is 183 cm³/mol. The van der Waals surface area contributed by atoms with Crippen LogP contribution in [-0.4, -0.2) is 0 Å². The maximum atomic E-state index is 9.34. The van der Waals surface area contributed by atoms with Crippen molar-refractivity contribution in [3.8, 4) is 33.4 Å². The molecule has 200 valence electrons. The van der Waals surface area contributed by atoms with Crippen LogP contribution < -0.4 is 0 Å². The molecule has 8 aromatic carbocycles. The molecule has 1 aromatic heterocycles. The Morgan fingerprint density at radius 1 is 0.419 bits per heavy atom. The van der Waals surface area contributed by atoms with Crippen LogP contribution in [0.15, 0.2) is 162 Å². The summed E-state index contributed by atoms with van der Waals surface area (Å²) in [6.45, 7) is 0. The summed E-state index contributed by atoms with van der Waals surface area (Å²) in [6.07, 6.45) is 0. The summed E-state index contributed by atoms with van der Waals surface area (Å²) < 4.78 is 78.8. The van der Waals surface area contributed by atoms with Crippen molar-refractivity contribution >= 4 is 54.3 Å². The van der Waals surface area contributed by atoms with Gasteiger partial charge in [-0.2, -0.15) is 0 Å². The van der Waals surface area contributed by atoms with Crippen molar-refractivity contribution in [2.75, 3.05) is 0 Å². The Balaban J connectivity index is 1.57. The lowest BCUT2D eigenvalue weighted by molar-refractivity contribution is 0.670. The number of hydrogen-bond donors (Lipinski definition) is 0. The predicted octanol–water partition coefficient (Wildman–Crippen LogP) is 12.0. The Hall–Kier alpha value is -5.66. The minimum absolute atomic E-state index is 0.175. The van der Waals surface area contributed by atoms with Crippen LogP contribution >= 0.6 is 0 Å². The Morgan fingerprint density at radius 2 is 0.930 bits per heavy atom. The first-order chi connectivity index (χ1) is 24.7. The molecule has 0 amide bonds. The van der Waals surface area contributed by atoms with Crippen LogP contribution in [0.2, 0.25) is 0 Å². The van der Waals surface area contributed by atoms with Gasteiger partial charge in [0.2, 0.25) is 0 Å². The van der Waals surface area contributed by atoms with Gasteiger partial charge in [0.15, 0.2) is 0 Å². The molecular weight excluding hydrogens is 520 g/mol. The van der Waals surface area contributed by atoms with Crippen molar-refractivity contribution < 1.29 is 15.4 Å². The lowest BCUT2D eigenvalue weighted by Gasteiger charge is -2.18. The summed E-state index contributed by atoms with van der Waals surface area (Å²) in [7, 11) is 0. The molecule has 0 aliphatic rings. The van der Waals surface area contributed by atoms with Gasteiger partial charge in [0.25, 0.3) is 0 Å². The fraction of sp³-hybridized carbons (Fsp3) is 0. The van der Waals surface area contributed by atoms with E-state index >= 15 is 0 Å². The highest BCUT2D eigenvalue weighted by atomic mass is 16.3. The van der Waals surface area contributed by atoms with Crippen molar-refractivity contribution in [2.24, 2.45) is 0 Å². The average molecular weight is 555 g/mol. The van der Waals surface area contributed by atoms with Crippen LogP contribution in [0.1, 0.15) is 11.0 Å². The van der Waals surface area contributed by atoms with Gasteiger partial charge in [-0.15, -0.1) is 0 Å². The fourth-order valence-electron chi connectivity index (χ4n) is 6.35. The first-order valence-corrected chi connectivity index (χ1v) is 14.1. The summed E-state index contributed by atoms with van der Waals surface area (Å²) in [5.74, 6) is 0. The highest BCUT2D eigenvalue weighted by Gasteiger charge is 2.20. The van der Waals surface area contributed by atoms with Crippen molar-refractivity contribution in [2.45, 2.75) is 0 Å². The van der Waals surface area contributed by atoms with Crippen LogP contribution in [0, 0.1) is 0 Å². The highest BCUT2D eigenvalue weighted by Crippen LogP contribution is 2.46. The molecule has 0 unspecified atom stereocenters. The molecule has 0 aliphatic carbocycles. The van der Waals surface area contributed by atoms with E-state index in [1.54, 1.807) is 24.3 Å². The zero-order chi connectivity index (χ0) is 35.3. The summed E-state index contributed by atoms with van der Waals surface area (Å²) in [5.41, 5.74) is 4.62. The summed E-state index contributed by atoms with van der Waals surface area (Å²) in [6, 6.07) is 31.7. The average Bonchev–Trinajstić information content (AvgIpc) is 3.52. The summed E-state index contributed by atoms with van der Waals surface area (Å²) >= 11 is 0. The van der Waals surface area contributed by atoms with Crippen molar-refractivity contribution in [1.29, 1.82) is 0 Å². The molecule has 0 bridgehead atoms. The molecule has 1 heteroatoms. The molecule has 9 aromatic rings. The lowest BCUT2D eigenvalue weighted by Crippen LogP contribution is -1.91. The molecule has 43 heavy (non-hydrogen) atoms. The Morgan fingerprint density at radius 3 is 1.53 bits per heavy atom. The van der Waals surface area contributed by atoms with E-state index in [-0.39, 0.29) is 45.7 Å². The maximum Gasteiger partial charge on any atom is 0.143 e. The third kappa shape index (κ3) is 3.72. The van der Waals surface area contributed by atoms with Gasteiger partial charge in [0.05, 0.1) is 11.0 Å². The first kappa shape index (κ1) is 17.3. The highest BCUT2D eigenvalue weighted by molar-refractivity contribution is 6.23. The third-order valence-corrected chi connectivity index (χ3v) is 8.25. The van der Waals surface area contributed by atoms with Gasteiger partial charge in [-0.3, -0.25) is 0 Å². The molecule has 0 saturated heterocycles. The van der Waals surface area contributed by atoms with E-state index in [4.69, 9.17) is 9.90 Å². The summed E-state index contributed by atoms with van der Waals surface area (Å²) in [4.78, 5) is 0. The van der Waals surface area contributed by atoms with E-state index in [2.05, 4.69) is 6.07 Å². The van der Waals surface area contributed by atoms with Gasteiger partial charge in [0, 0.05) is 16.3 Å². The van der Waals surface area contributed by atoms with E-state index in [1.807, 2.05) is 78.9 Å². The monoisotopic (exact) mass is 554 g/mol. The second-order valence-electron chi connectivity index (χ2n) is 10.7. The molecule has 1 nitrogen and oxygen atoms in total. The smallest absolute Gasteiger partial charge is 0.143 e. The molecule has 9 rings (SSSR count). The molecule has 0 atom stereocenters. The number of rotatable bonds is 3. The van der Waals surface area contributed by atoms with Gasteiger partial charge in [-0.05, 0) is 84.4 Å². The first-order valence-electron chi connectivity index (χ1n) is 18.1. The minimum Gasteiger partial charge on any atom is -0.455 e. The van der Waals surface area contributed by atoms with E-state index < -0.39 is 24.2 Å². The van der Waals surface area contributed by atoms with E-state index in [9.17, 15) is 5.48 Å². The molecule has 0 saturated carbocycles. The van der Waals surface area contributed by atoms with Crippen LogP contribution in [0.5, 0.6) is 0 Å². The molecular formula is C42H26O. The Labute approximate surface area is 260 Å². The van der Waals surface area contributed by atoms with Crippen LogP contribution in [0.4, 0.5) is 0 Å². The van der Waals surface area contributed by atoms with Gasteiger partial charge in [-0.25, -0.2) is 0 Å². The maximum absolute atomic E-state index is 9.34. The summed E-state index contributed by atoms with van der Waals surface area (Å²) in [5, 5.41) is 4.37. The zero-order valence-electron chi connectivity index (χ0n) is 30.8. The Bertz CT molecular complexity index is 2850. The molecule has 0 N–H and O–H groups in total. The largest absolute Gasteiger partial charge is 0.455 e. The fourth-order valence-corrected chi connectivity index (χ4v) is 6.35. The third-order valence-electron chi connectivity index (χ3n) is 8.25. The van der Waals surface area contributed by atoms with E-state index in [0.717, 1.165) is 32.7 Å². The molecule has 1 heterocycles. The van der Waals surface area contributed by atoms with Gasteiger partial charge in [0.1, 0.15) is 11.2 Å². The van der Waals surface area contributed by atoms with Crippen LogP contribution in [-0.2, 0) is 0 Å². The second-order valence-corrected chi connectivity index (χ2v) is 10.7. The molecule has 0 aliphatic heterocycles. The van der Waals surface area contributed by atoms with Crippen molar-refractivity contribution in [3.63, 3.8) is 0 Å². The van der Waals surface area contributed by atoms with E-state index in [1.165, 1.54) is 0 Å². The van der Waals surface area contributed by atoms with Crippen LogP contribution in [0.3, 0.4) is 0 Å². The normalized spacial score (nSPS) is 14.3. The number of benzene rings is 8. The second kappa shape index (κ2) is 9.44. The molecule has 0 radical (unpaired) electrons.